The van der Waals surface area contributed by atoms with E-state index in [0.29, 0.717) is 30.9 Å². The smallest absolute Gasteiger partial charge is 0.242 e. The number of nitrogens with one attached hydrogen (secondary N) is 2. The molecule has 2 aromatic rings. The van der Waals surface area contributed by atoms with Crippen LogP contribution in [0.4, 0.5) is 11.4 Å². The highest BCUT2D eigenvalue weighted by atomic mass is 32.2. The third-order valence-electron chi connectivity index (χ3n) is 7.93. The molecule has 38 heavy (non-hydrogen) atoms. The molecular weight excluding hydrogens is 500 g/mol. The average molecular weight is 537 g/mol. The van der Waals surface area contributed by atoms with Gasteiger partial charge < -0.3 is 10.6 Å². The molecule has 0 saturated carbocycles. The van der Waals surface area contributed by atoms with E-state index >= 15 is 0 Å². The molecule has 1 amide bonds. The monoisotopic (exact) mass is 536 g/mol. The van der Waals surface area contributed by atoms with Crippen molar-refractivity contribution in [2.45, 2.75) is 62.8 Å². The molecule has 2 N–H and O–H groups in total. The van der Waals surface area contributed by atoms with E-state index in [2.05, 4.69) is 38.6 Å². The average Bonchev–Trinajstić information content (AvgIpc) is 3.49. The van der Waals surface area contributed by atoms with Crippen LogP contribution in [0.2, 0.25) is 0 Å². The van der Waals surface area contributed by atoms with Gasteiger partial charge >= 0.3 is 0 Å². The van der Waals surface area contributed by atoms with E-state index in [0.717, 1.165) is 30.9 Å². The first-order chi connectivity index (χ1) is 18.1. The number of fused-ring (bicyclic) bond motifs is 2. The van der Waals surface area contributed by atoms with Gasteiger partial charge in [0.15, 0.2) is 5.69 Å². The summed E-state index contributed by atoms with van der Waals surface area (Å²) < 4.78 is 28.3. The topological polar surface area (TPSA) is 89.3 Å². The summed E-state index contributed by atoms with van der Waals surface area (Å²) in [4.78, 5) is 21.1. The normalized spacial score (nSPS) is 26.4. The van der Waals surface area contributed by atoms with Gasteiger partial charge in [-0.25, -0.2) is 13.3 Å². The maximum Gasteiger partial charge on any atom is 0.242 e. The summed E-state index contributed by atoms with van der Waals surface area (Å²) in [5.74, 6) is -0.102. The molecular formula is C28H36N6O3S. The summed E-state index contributed by atoms with van der Waals surface area (Å²) in [6.07, 6.45) is 1.22. The van der Waals surface area contributed by atoms with Gasteiger partial charge in [0.1, 0.15) is 0 Å². The third kappa shape index (κ3) is 5.48. The predicted octanol–water partition coefficient (Wildman–Crippen LogP) is 2.81. The van der Waals surface area contributed by atoms with Crippen LogP contribution in [0.5, 0.6) is 0 Å². The molecule has 0 aliphatic carbocycles. The van der Waals surface area contributed by atoms with Crippen LogP contribution in [0.15, 0.2) is 47.4 Å². The van der Waals surface area contributed by atoms with Gasteiger partial charge in [0.05, 0.1) is 18.0 Å². The number of hydrogen-bond acceptors (Lipinski definition) is 6. The van der Waals surface area contributed by atoms with Gasteiger partial charge in [0.2, 0.25) is 15.9 Å². The lowest BCUT2D eigenvalue weighted by Crippen LogP contribution is -2.59. The Morgan fingerprint density at radius 2 is 1.89 bits per heavy atom. The number of nitrogens with zero attached hydrogens (tertiary/aromatic N) is 4. The number of hydrogen-bond donors (Lipinski definition) is 2. The van der Waals surface area contributed by atoms with Crippen LogP contribution < -0.4 is 10.6 Å². The summed E-state index contributed by atoms with van der Waals surface area (Å²) in [6.45, 7) is 17.0. The molecule has 3 aliphatic rings. The van der Waals surface area contributed by atoms with Gasteiger partial charge in [-0.2, -0.15) is 4.31 Å². The molecule has 5 rings (SSSR count). The minimum atomic E-state index is -3.76. The lowest BCUT2D eigenvalue weighted by Gasteiger charge is -2.43. The summed E-state index contributed by atoms with van der Waals surface area (Å²) in [5.41, 5.74) is 3.34. The van der Waals surface area contributed by atoms with Crippen molar-refractivity contribution < 1.29 is 13.2 Å². The molecule has 3 aliphatic heterocycles. The largest absolute Gasteiger partial charge is 0.325 e. The number of benzene rings is 2. The molecule has 2 aromatic carbocycles. The van der Waals surface area contributed by atoms with Crippen molar-refractivity contribution >= 4 is 27.3 Å². The van der Waals surface area contributed by atoms with Crippen LogP contribution in [-0.4, -0.2) is 85.3 Å². The van der Waals surface area contributed by atoms with Crippen LogP contribution >= 0.6 is 0 Å². The Bertz CT molecular complexity index is 1340. The maximum absolute atomic E-state index is 13.4. The minimum Gasteiger partial charge on any atom is -0.325 e. The van der Waals surface area contributed by atoms with E-state index in [1.54, 1.807) is 12.1 Å². The van der Waals surface area contributed by atoms with E-state index in [1.165, 1.54) is 28.4 Å². The maximum atomic E-state index is 13.4. The zero-order valence-electron chi connectivity index (χ0n) is 22.2. The van der Waals surface area contributed by atoms with E-state index in [9.17, 15) is 13.2 Å². The van der Waals surface area contributed by atoms with Crippen molar-refractivity contribution in [3.63, 3.8) is 0 Å². The quantitative estimate of drug-likeness (QED) is 0.529. The Hall–Kier alpha value is -2.81. The fourth-order valence-electron chi connectivity index (χ4n) is 6.23. The standard InChI is InChI=1S/C28H36N6O3S/c1-19-8-9-22(16-33-17-24-11-25(33)13-30-24)10-27(19)31-28(35)18-32-14-20(2)34(21(3)15-32)38(36,37)26-7-5-6-23(12-26)29-4/h5-10,12,20-21,24-25,30H,11,13-18H2,1-3H3,(H,31,35). The highest BCUT2D eigenvalue weighted by Gasteiger charge is 2.39. The van der Waals surface area contributed by atoms with Crippen LogP contribution in [0, 0.1) is 13.5 Å². The van der Waals surface area contributed by atoms with Crippen molar-refractivity contribution in [1.29, 1.82) is 0 Å². The van der Waals surface area contributed by atoms with Crippen LogP contribution in [0.25, 0.3) is 4.85 Å². The molecule has 0 spiro atoms. The van der Waals surface area contributed by atoms with Crippen LogP contribution in [0.3, 0.4) is 0 Å². The number of anilines is 1. The number of carbonyl (C=O) groups excluding carboxylic acids is 1. The van der Waals surface area contributed by atoms with Gasteiger partial charge in [-0.1, -0.05) is 24.3 Å². The third-order valence-corrected chi connectivity index (χ3v) is 10.1. The van der Waals surface area contributed by atoms with Gasteiger partial charge in [0, 0.05) is 62.6 Å². The van der Waals surface area contributed by atoms with Crippen molar-refractivity contribution in [2.75, 3.05) is 38.0 Å². The molecule has 10 heteroatoms. The second kappa shape index (κ2) is 10.8. The zero-order valence-corrected chi connectivity index (χ0v) is 23.0. The molecule has 3 fully saturated rings. The SMILES string of the molecule is [C-]#[N+]c1cccc(S(=O)(=O)N2C(C)CN(CC(=O)Nc3cc(CN4CC5CC4CN5)ccc3C)CC2C)c1. The van der Waals surface area contributed by atoms with Crippen molar-refractivity contribution in [3.8, 4) is 0 Å². The molecule has 3 saturated heterocycles. The molecule has 202 valence electrons. The fraction of sp³-hybridized carbons (Fsp3) is 0.500. The number of aryl methyl sites for hydroxylation is 1. The number of carbonyl (C=O) groups is 1. The van der Waals surface area contributed by atoms with E-state index in [1.807, 2.05) is 25.7 Å². The number of sulfonamides is 1. The van der Waals surface area contributed by atoms with Gasteiger partial charge in [-0.05, 0) is 56.5 Å². The van der Waals surface area contributed by atoms with E-state index < -0.39 is 10.0 Å². The lowest BCUT2D eigenvalue weighted by atomic mass is 10.1. The number of piperazine rings is 2. The molecule has 3 heterocycles. The lowest BCUT2D eigenvalue weighted by molar-refractivity contribution is -0.118. The Morgan fingerprint density at radius 1 is 1.13 bits per heavy atom. The summed E-state index contributed by atoms with van der Waals surface area (Å²) in [7, 11) is -3.76. The van der Waals surface area contributed by atoms with Gasteiger partial charge in [-0.3, -0.25) is 14.6 Å². The molecule has 4 atom stereocenters. The van der Waals surface area contributed by atoms with Gasteiger partial charge in [-0.15, -0.1) is 0 Å². The Balaban J connectivity index is 1.20. The molecule has 0 aromatic heterocycles. The molecule has 0 radical (unpaired) electrons. The minimum absolute atomic E-state index is 0.102. The summed E-state index contributed by atoms with van der Waals surface area (Å²) in [5, 5.41) is 6.63. The first-order valence-corrected chi connectivity index (χ1v) is 14.7. The highest BCUT2D eigenvalue weighted by Crippen LogP contribution is 2.29. The summed E-state index contributed by atoms with van der Waals surface area (Å²) in [6, 6.07) is 13.0. The highest BCUT2D eigenvalue weighted by molar-refractivity contribution is 7.89. The van der Waals surface area contributed by atoms with Crippen molar-refractivity contribution in [2.24, 2.45) is 0 Å². The molecule has 4 unspecified atom stereocenters. The van der Waals surface area contributed by atoms with Crippen LogP contribution in [0.1, 0.15) is 31.4 Å². The number of rotatable bonds is 7. The fourth-order valence-corrected chi connectivity index (χ4v) is 8.07. The number of amides is 1. The van der Waals surface area contributed by atoms with E-state index in [4.69, 9.17) is 6.57 Å². The first kappa shape index (κ1) is 26.8. The molecule has 2 bridgehead atoms. The van der Waals surface area contributed by atoms with Crippen LogP contribution in [-0.2, 0) is 21.4 Å². The van der Waals surface area contributed by atoms with Crippen molar-refractivity contribution in [3.05, 3.63) is 65.0 Å². The predicted molar refractivity (Wildman–Crippen MR) is 148 cm³/mol. The molecule has 9 nitrogen and oxygen atoms in total. The van der Waals surface area contributed by atoms with Crippen molar-refractivity contribution in [1.82, 2.24) is 19.4 Å². The zero-order chi connectivity index (χ0) is 27.0. The Labute approximate surface area is 225 Å². The second-order valence-corrected chi connectivity index (χ2v) is 12.8. The summed E-state index contributed by atoms with van der Waals surface area (Å²) >= 11 is 0. The Morgan fingerprint density at radius 3 is 2.55 bits per heavy atom. The number of likely N-dealkylation sites (tertiary alicyclic amines) is 1. The second-order valence-electron chi connectivity index (χ2n) is 11.0. The Kier molecular flexibility index (Phi) is 7.58. The van der Waals surface area contributed by atoms with E-state index in [-0.39, 0.29) is 29.4 Å². The van der Waals surface area contributed by atoms with Gasteiger partial charge in [0.25, 0.3) is 0 Å². The first-order valence-electron chi connectivity index (χ1n) is 13.2.